The van der Waals surface area contributed by atoms with Crippen LogP contribution >= 0.6 is 11.6 Å². The molecule has 5 nitrogen and oxygen atoms in total. The normalized spacial score (nSPS) is 24.7. The van der Waals surface area contributed by atoms with Crippen LogP contribution in [0, 0.1) is 5.41 Å². The van der Waals surface area contributed by atoms with E-state index in [1.807, 2.05) is 24.1 Å². The number of likely N-dealkylation sites (tertiary alicyclic amines) is 2. The van der Waals surface area contributed by atoms with Crippen LogP contribution in [0.3, 0.4) is 0 Å². The molecule has 0 bridgehead atoms. The van der Waals surface area contributed by atoms with Crippen molar-refractivity contribution in [3.05, 3.63) is 22.7 Å². The van der Waals surface area contributed by atoms with Gasteiger partial charge in [0, 0.05) is 26.7 Å². The van der Waals surface area contributed by atoms with Crippen LogP contribution in [0.2, 0.25) is 5.02 Å². The van der Waals surface area contributed by atoms with E-state index in [9.17, 15) is 4.79 Å². The number of carbonyl (C=O) groups excluding carboxylic acids is 1. The van der Waals surface area contributed by atoms with Crippen LogP contribution in [0.15, 0.2) is 12.1 Å². The van der Waals surface area contributed by atoms with E-state index in [1.54, 1.807) is 14.2 Å². The van der Waals surface area contributed by atoms with Gasteiger partial charge in [-0.1, -0.05) is 17.7 Å². The summed E-state index contributed by atoms with van der Waals surface area (Å²) in [6.45, 7) is 3.32. The average Bonchev–Trinajstić information content (AvgIpc) is 2.98. The predicted molar refractivity (Wildman–Crippen MR) is 93.8 cm³/mol. The van der Waals surface area contributed by atoms with Crippen LogP contribution in [0.1, 0.15) is 24.8 Å². The molecule has 1 amide bonds. The number of rotatable bonds is 4. The fraction of sp³-hybridized carbons (Fsp3) is 0.611. The van der Waals surface area contributed by atoms with Gasteiger partial charge in [0.15, 0.2) is 11.5 Å². The molecular weight excluding hydrogens is 328 g/mol. The summed E-state index contributed by atoms with van der Waals surface area (Å²) in [6, 6.07) is 3.86. The summed E-state index contributed by atoms with van der Waals surface area (Å²) < 4.78 is 10.7. The Labute approximate surface area is 148 Å². The third-order valence-corrected chi connectivity index (χ3v) is 5.76. The molecule has 0 aromatic heterocycles. The maximum absolute atomic E-state index is 12.6. The van der Waals surface area contributed by atoms with Gasteiger partial charge < -0.3 is 14.4 Å². The van der Waals surface area contributed by atoms with Crippen molar-refractivity contribution in [3.8, 4) is 11.5 Å². The molecule has 24 heavy (non-hydrogen) atoms. The zero-order valence-electron chi connectivity index (χ0n) is 14.6. The van der Waals surface area contributed by atoms with Crippen molar-refractivity contribution >= 4 is 17.5 Å². The summed E-state index contributed by atoms with van der Waals surface area (Å²) in [6.07, 6.45) is 3.01. The molecule has 2 aliphatic rings. The molecule has 2 fully saturated rings. The van der Waals surface area contributed by atoms with Gasteiger partial charge in [-0.05, 0) is 37.4 Å². The Balaban J connectivity index is 1.75. The van der Waals surface area contributed by atoms with Crippen molar-refractivity contribution in [2.24, 2.45) is 5.41 Å². The van der Waals surface area contributed by atoms with E-state index in [0.717, 1.165) is 51.0 Å². The van der Waals surface area contributed by atoms with E-state index in [2.05, 4.69) is 4.90 Å². The van der Waals surface area contributed by atoms with Gasteiger partial charge in [0.2, 0.25) is 5.91 Å². The van der Waals surface area contributed by atoms with Crippen molar-refractivity contribution in [2.45, 2.75) is 25.8 Å². The van der Waals surface area contributed by atoms with Crippen molar-refractivity contribution < 1.29 is 14.3 Å². The Kier molecular flexibility index (Phi) is 4.92. The Morgan fingerprint density at radius 1 is 1.21 bits per heavy atom. The smallest absolute Gasteiger partial charge is 0.229 e. The minimum absolute atomic E-state index is 0.198. The number of benzene rings is 1. The summed E-state index contributed by atoms with van der Waals surface area (Å²) in [7, 11) is 5.11. The van der Waals surface area contributed by atoms with Gasteiger partial charge in [0.25, 0.3) is 0 Å². The highest BCUT2D eigenvalue weighted by Gasteiger charge is 2.47. The van der Waals surface area contributed by atoms with E-state index < -0.39 is 0 Å². The highest BCUT2D eigenvalue weighted by atomic mass is 35.5. The van der Waals surface area contributed by atoms with Crippen LogP contribution in [0.5, 0.6) is 11.5 Å². The van der Waals surface area contributed by atoms with Crippen molar-refractivity contribution in [1.29, 1.82) is 0 Å². The summed E-state index contributed by atoms with van der Waals surface area (Å²) in [4.78, 5) is 16.8. The van der Waals surface area contributed by atoms with Gasteiger partial charge in [-0.15, -0.1) is 0 Å². The Hall–Kier alpha value is -1.46. The first-order valence-corrected chi connectivity index (χ1v) is 8.76. The van der Waals surface area contributed by atoms with Crippen LogP contribution in [-0.4, -0.2) is 56.6 Å². The first-order valence-electron chi connectivity index (χ1n) is 8.38. The third-order valence-electron chi connectivity index (χ3n) is 5.34. The average molecular weight is 353 g/mol. The minimum atomic E-state index is -0.198. The highest BCUT2D eigenvalue weighted by Crippen LogP contribution is 2.42. The van der Waals surface area contributed by atoms with Gasteiger partial charge in [-0.25, -0.2) is 0 Å². The molecule has 6 heteroatoms. The number of hydrogen-bond acceptors (Lipinski definition) is 4. The minimum Gasteiger partial charge on any atom is -0.493 e. The molecule has 2 heterocycles. The fourth-order valence-electron chi connectivity index (χ4n) is 4.03. The second-order valence-electron chi connectivity index (χ2n) is 6.85. The summed E-state index contributed by atoms with van der Waals surface area (Å²) >= 11 is 6.49. The molecule has 2 aliphatic heterocycles. The third kappa shape index (κ3) is 2.95. The van der Waals surface area contributed by atoms with Crippen LogP contribution < -0.4 is 9.47 Å². The summed E-state index contributed by atoms with van der Waals surface area (Å²) in [5, 5.41) is 0.588. The van der Waals surface area contributed by atoms with E-state index >= 15 is 0 Å². The topological polar surface area (TPSA) is 42.0 Å². The number of carbonyl (C=O) groups is 1. The number of halogens is 1. The van der Waals surface area contributed by atoms with Gasteiger partial charge in [-0.2, -0.15) is 0 Å². The molecule has 0 saturated carbocycles. The standard InChI is InChI=1S/C18H25ClN2O3/c1-20-9-4-7-18(17(20)22)8-10-21(12-18)11-13-5-6-14(23-2)16(24-3)15(13)19/h5-6H,4,7-12H2,1-3H3/t18-/m0/s1. The number of piperidine rings is 1. The van der Waals surface area contributed by atoms with Crippen LogP contribution in [-0.2, 0) is 11.3 Å². The van der Waals surface area contributed by atoms with Crippen molar-refractivity contribution in [2.75, 3.05) is 40.9 Å². The first-order chi connectivity index (χ1) is 11.5. The number of hydrogen-bond donors (Lipinski definition) is 0. The Bertz CT molecular complexity index is 637. The molecule has 132 valence electrons. The molecule has 1 spiro atoms. The molecule has 0 unspecified atom stereocenters. The lowest BCUT2D eigenvalue weighted by Crippen LogP contribution is -2.48. The van der Waals surface area contributed by atoms with E-state index in [0.29, 0.717) is 22.4 Å². The van der Waals surface area contributed by atoms with E-state index in [-0.39, 0.29) is 5.41 Å². The van der Waals surface area contributed by atoms with Crippen molar-refractivity contribution in [1.82, 2.24) is 9.80 Å². The molecule has 2 saturated heterocycles. The number of amides is 1. The van der Waals surface area contributed by atoms with Crippen LogP contribution in [0.4, 0.5) is 0 Å². The monoisotopic (exact) mass is 352 g/mol. The zero-order chi connectivity index (χ0) is 17.3. The van der Waals surface area contributed by atoms with E-state index in [4.69, 9.17) is 21.1 Å². The summed E-state index contributed by atoms with van der Waals surface area (Å²) in [5.41, 5.74) is 0.804. The maximum atomic E-state index is 12.6. The Morgan fingerprint density at radius 2 is 2.00 bits per heavy atom. The zero-order valence-corrected chi connectivity index (χ0v) is 15.4. The number of nitrogens with zero attached hydrogens (tertiary/aromatic N) is 2. The second kappa shape index (κ2) is 6.81. The van der Waals surface area contributed by atoms with Crippen molar-refractivity contribution in [3.63, 3.8) is 0 Å². The van der Waals surface area contributed by atoms with Gasteiger partial charge in [0.1, 0.15) is 0 Å². The van der Waals surface area contributed by atoms with Gasteiger partial charge in [-0.3, -0.25) is 9.69 Å². The lowest BCUT2D eigenvalue weighted by Gasteiger charge is -2.37. The lowest BCUT2D eigenvalue weighted by atomic mass is 9.78. The first kappa shape index (κ1) is 17.4. The molecule has 0 aliphatic carbocycles. The second-order valence-corrected chi connectivity index (χ2v) is 7.22. The molecule has 1 aromatic carbocycles. The molecule has 0 N–H and O–H groups in total. The lowest BCUT2D eigenvalue weighted by molar-refractivity contribution is -0.143. The molecule has 0 radical (unpaired) electrons. The largest absolute Gasteiger partial charge is 0.493 e. The number of ether oxygens (including phenoxy) is 2. The SMILES string of the molecule is COc1ccc(CN2CC[C@@]3(CCCN(C)C3=O)C2)c(Cl)c1OC. The fourth-order valence-corrected chi connectivity index (χ4v) is 4.33. The maximum Gasteiger partial charge on any atom is 0.229 e. The number of methoxy groups -OCH3 is 2. The van der Waals surface area contributed by atoms with E-state index in [1.165, 1.54) is 0 Å². The highest BCUT2D eigenvalue weighted by molar-refractivity contribution is 6.33. The van der Waals surface area contributed by atoms with Gasteiger partial charge in [0.05, 0.1) is 24.7 Å². The predicted octanol–water partition coefficient (Wildman–Crippen LogP) is 2.80. The molecule has 3 rings (SSSR count). The van der Waals surface area contributed by atoms with Gasteiger partial charge >= 0.3 is 0 Å². The quantitative estimate of drug-likeness (QED) is 0.835. The molecule has 1 atom stereocenters. The Morgan fingerprint density at radius 3 is 2.71 bits per heavy atom. The molecular formula is C18H25ClN2O3. The van der Waals surface area contributed by atoms with Crippen LogP contribution in [0.25, 0.3) is 0 Å². The summed E-state index contributed by atoms with van der Waals surface area (Å²) in [5.74, 6) is 1.50. The molecule has 1 aromatic rings.